The van der Waals surface area contributed by atoms with Crippen LogP contribution >= 0.6 is 0 Å². The molecule has 0 aliphatic heterocycles. The molecule has 4 heteroatoms. The van der Waals surface area contributed by atoms with Crippen molar-refractivity contribution in [1.82, 2.24) is 0 Å². The highest BCUT2D eigenvalue weighted by molar-refractivity contribution is 7.67. The maximum absolute atomic E-state index is 9.99. The molecule has 0 aliphatic rings. The van der Waals surface area contributed by atoms with Crippen molar-refractivity contribution in [3.05, 3.63) is 0 Å². The van der Waals surface area contributed by atoms with Crippen LogP contribution in [-0.2, 0) is 15.2 Å². The summed E-state index contributed by atoms with van der Waals surface area (Å²) in [5.41, 5.74) is 0.186. The largest absolute Gasteiger partial charge is 0.272 e. The molecular formula is C7H16O3S. The van der Waals surface area contributed by atoms with Gasteiger partial charge in [-0.2, -0.15) is 0 Å². The Kier molecular flexibility index (Phi) is 4.68. The fourth-order valence-electron chi connectivity index (χ4n) is 0.573. The number of hydrogen-bond acceptors (Lipinski definition) is 3. The molecule has 0 radical (unpaired) electrons. The fraction of sp³-hybridized carbons (Fsp3) is 1.00. The van der Waals surface area contributed by atoms with E-state index in [9.17, 15) is 8.42 Å². The topological polar surface area (TPSA) is 43.4 Å². The van der Waals surface area contributed by atoms with E-state index in [0.29, 0.717) is 6.61 Å². The maximum Gasteiger partial charge on any atom is 0.257 e. The Balaban J connectivity index is 3.53. The van der Waals surface area contributed by atoms with Gasteiger partial charge in [0.2, 0.25) is 0 Å². The fourth-order valence-corrected chi connectivity index (χ4v) is 0.814. The highest BCUT2D eigenvalue weighted by Crippen LogP contribution is 2.23. The van der Waals surface area contributed by atoms with E-state index < -0.39 is 11.0 Å². The molecule has 0 atom stereocenters. The molecule has 11 heavy (non-hydrogen) atoms. The average Bonchev–Trinajstić information content (AvgIpc) is 1.87. The molecule has 0 rings (SSSR count). The van der Waals surface area contributed by atoms with Crippen LogP contribution in [0.2, 0.25) is 0 Å². The molecule has 3 nitrogen and oxygen atoms in total. The predicted octanol–water partition coefficient (Wildman–Crippen LogP) is 1.36. The third-order valence-corrected chi connectivity index (χ3v) is 2.33. The first-order chi connectivity index (χ1) is 4.98. The van der Waals surface area contributed by atoms with Gasteiger partial charge in [0.05, 0.1) is 6.61 Å². The predicted molar refractivity (Wildman–Crippen MR) is 45.0 cm³/mol. The van der Waals surface area contributed by atoms with Gasteiger partial charge in [0.25, 0.3) is 11.0 Å². The van der Waals surface area contributed by atoms with Crippen LogP contribution in [0.4, 0.5) is 0 Å². The molecule has 0 fully saturated rings. The third-order valence-electron chi connectivity index (χ3n) is 1.93. The van der Waals surface area contributed by atoms with E-state index >= 15 is 0 Å². The highest BCUT2D eigenvalue weighted by Gasteiger charge is 2.14. The van der Waals surface area contributed by atoms with Gasteiger partial charge in [0.1, 0.15) is 0 Å². The van der Waals surface area contributed by atoms with Crippen LogP contribution < -0.4 is 0 Å². The summed E-state index contributed by atoms with van der Waals surface area (Å²) in [6.07, 6.45) is 1.82. The lowest BCUT2D eigenvalue weighted by Crippen LogP contribution is -2.12. The number of thiol groups is 1. The normalized spacial score (nSPS) is 12.4. The van der Waals surface area contributed by atoms with Crippen molar-refractivity contribution in [3.8, 4) is 0 Å². The Morgan fingerprint density at radius 1 is 1.36 bits per heavy atom. The average molecular weight is 180 g/mol. The van der Waals surface area contributed by atoms with Gasteiger partial charge in [0, 0.05) is 0 Å². The standard InChI is InChI=1S/C7H16O3S/c1-4-7(2,3)5-6-10-11(8)9/h11H,4-6H2,1-3H3. The maximum atomic E-state index is 9.99. The Hall–Kier alpha value is -0.0900. The van der Waals surface area contributed by atoms with E-state index in [1.165, 1.54) is 0 Å². The van der Waals surface area contributed by atoms with Crippen molar-refractivity contribution < 1.29 is 12.6 Å². The monoisotopic (exact) mass is 180 g/mol. The molecule has 0 bridgehead atoms. The molecule has 0 aliphatic carbocycles. The first-order valence-corrected chi connectivity index (χ1v) is 4.85. The molecule has 0 aromatic rings. The second kappa shape index (κ2) is 4.72. The van der Waals surface area contributed by atoms with E-state index in [4.69, 9.17) is 0 Å². The van der Waals surface area contributed by atoms with Crippen LogP contribution in [0.25, 0.3) is 0 Å². The van der Waals surface area contributed by atoms with Crippen molar-refractivity contribution in [2.45, 2.75) is 33.6 Å². The second-order valence-corrected chi connectivity index (χ2v) is 4.03. The van der Waals surface area contributed by atoms with Crippen LogP contribution in [0.1, 0.15) is 33.6 Å². The lowest BCUT2D eigenvalue weighted by atomic mass is 9.87. The van der Waals surface area contributed by atoms with E-state index in [1.807, 2.05) is 0 Å². The van der Waals surface area contributed by atoms with Gasteiger partial charge in [-0.15, -0.1) is 0 Å². The second-order valence-electron chi connectivity index (χ2n) is 3.32. The van der Waals surface area contributed by atoms with Crippen LogP contribution in [0, 0.1) is 5.41 Å². The summed E-state index contributed by atoms with van der Waals surface area (Å²) in [6.45, 7) is 6.57. The Labute approximate surface area is 69.9 Å². The van der Waals surface area contributed by atoms with Crippen molar-refractivity contribution >= 4 is 11.0 Å². The summed E-state index contributed by atoms with van der Waals surface area (Å²) in [4.78, 5) is 0. The summed E-state index contributed by atoms with van der Waals surface area (Å²) < 4.78 is 24.4. The van der Waals surface area contributed by atoms with Gasteiger partial charge in [-0.1, -0.05) is 27.2 Å². The van der Waals surface area contributed by atoms with Crippen molar-refractivity contribution in [2.75, 3.05) is 6.61 Å². The molecule has 68 valence electrons. The summed E-state index contributed by atoms with van der Waals surface area (Å²) in [6, 6.07) is 0. The van der Waals surface area contributed by atoms with E-state index in [1.54, 1.807) is 0 Å². The summed E-state index contributed by atoms with van der Waals surface area (Å²) in [7, 11) is -2.66. The summed E-state index contributed by atoms with van der Waals surface area (Å²) >= 11 is 0. The van der Waals surface area contributed by atoms with Gasteiger partial charge >= 0.3 is 0 Å². The number of hydrogen-bond donors (Lipinski definition) is 1. The van der Waals surface area contributed by atoms with E-state index in [0.717, 1.165) is 12.8 Å². The third kappa shape index (κ3) is 6.31. The minimum absolute atomic E-state index is 0.186. The lowest BCUT2D eigenvalue weighted by molar-refractivity contribution is 0.233. The highest BCUT2D eigenvalue weighted by atomic mass is 32.2. The molecule has 0 aromatic carbocycles. The van der Waals surface area contributed by atoms with Gasteiger partial charge < -0.3 is 0 Å². The minimum Gasteiger partial charge on any atom is -0.272 e. The van der Waals surface area contributed by atoms with Crippen LogP contribution in [0.15, 0.2) is 0 Å². The molecule has 0 unspecified atom stereocenters. The first kappa shape index (κ1) is 10.9. The first-order valence-electron chi connectivity index (χ1n) is 3.75. The van der Waals surface area contributed by atoms with Crippen LogP contribution in [0.5, 0.6) is 0 Å². The molecule has 0 heterocycles. The van der Waals surface area contributed by atoms with Crippen molar-refractivity contribution in [2.24, 2.45) is 5.41 Å². The van der Waals surface area contributed by atoms with E-state index in [2.05, 4.69) is 25.0 Å². The summed E-state index contributed by atoms with van der Waals surface area (Å²) in [5, 5.41) is 0. The Bertz CT molecular complexity index is 165. The zero-order chi connectivity index (χ0) is 8.91. The smallest absolute Gasteiger partial charge is 0.257 e. The zero-order valence-electron chi connectivity index (χ0n) is 7.29. The minimum atomic E-state index is -2.66. The molecule has 0 saturated heterocycles. The molecule has 0 amide bonds. The summed E-state index contributed by atoms with van der Waals surface area (Å²) in [5.74, 6) is 0. The quantitative estimate of drug-likeness (QED) is 0.649. The lowest BCUT2D eigenvalue weighted by Gasteiger charge is -2.20. The van der Waals surface area contributed by atoms with E-state index in [-0.39, 0.29) is 5.41 Å². The van der Waals surface area contributed by atoms with Gasteiger partial charge in [-0.05, 0) is 11.8 Å². The SMILES string of the molecule is CCC(C)(C)CCO[SH](=O)=O. The Morgan fingerprint density at radius 3 is 2.27 bits per heavy atom. The molecule has 0 spiro atoms. The van der Waals surface area contributed by atoms with Crippen LogP contribution in [-0.4, -0.2) is 15.0 Å². The van der Waals surface area contributed by atoms with Crippen molar-refractivity contribution in [3.63, 3.8) is 0 Å². The van der Waals surface area contributed by atoms with Gasteiger partial charge in [-0.25, -0.2) is 8.42 Å². The van der Waals surface area contributed by atoms with Crippen LogP contribution in [0.3, 0.4) is 0 Å². The molecular weight excluding hydrogens is 164 g/mol. The van der Waals surface area contributed by atoms with Gasteiger partial charge in [0.15, 0.2) is 0 Å². The van der Waals surface area contributed by atoms with Crippen molar-refractivity contribution in [1.29, 1.82) is 0 Å². The Morgan fingerprint density at radius 2 is 1.91 bits per heavy atom. The molecule has 0 N–H and O–H groups in total. The molecule has 0 saturated carbocycles. The number of rotatable bonds is 5. The van der Waals surface area contributed by atoms with Gasteiger partial charge in [-0.3, -0.25) is 4.18 Å². The zero-order valence-corrected chi connectivity index (χ0v) is 8.19. The molecule has 0 aromatic heterocycles.